The largest absolute Gasteiger partial charge is 0.261 e. The topological polar surface area (TPSA) is 43.6 Å². The maximum absolute atomic E-state index is 4.87. The Kier molecular flexibility index (Phi) is 5.33. The van der Waals surface area contributed by atoms with Gasteiger partial charge in [-0.3, -0.25) is 9.97 Å². The molecule has 0 N–H and O–H groups in total. The molecular weight excluding hydrogens is 332 g/mol. The van der Waals surface area contributed by atoms with E-state index in [-0.39, 0.29) is 0 Å². The monoisotopic (exact) mass is 360 g/mol. The van der Waals surface area contributed by atoms with Gasteiger partial charge in [0.1, 0.15) is 0 Å². The Morgan fingerprint density at radius 2 is 2.00 bits per heavy atom. The number of aromatic nitrogens is 4. The maximum atomic E-state index is 4.87. The van der Waals surface area contributed by atoms with Gasteiger partial charge in [0.15, 0.2) is 0 Å². The number of nitrogens with zero attached hydrogens (tertiary/aromatic N) is 4. The van der Waals surface area contributed by atoms with E-state index in [1.165, 1.54) is 37.7 Å². The van der Waals surface area contributed by atoms with Crippen molar-refractivity contribution in [1.29, 1.82) is 0 Å². The third kappa shape index (κ3) is 4.10. The minimum absolute atomic E-state index is 0.850. The Balaban J connectivity index is 1.54. The summed E-state index contributed by atoms with van der Waals surface area (Å²) in [5, 5.41) is 4.55. The van der Waals surface area contributed by atoms with E-state index in [4.69, 9.17) is 4.98 Å². The number of hydrogen-bond donors (Lipinski definition) is 0. The summed E-state index contributed by atoms with van der Waals surface area (Å²) in [6, 6.07) is 8.52. The number of hydrogen-bond acceptors (Lipinski definition) is 3. The molecule has 1 aliphatic rings. The molecule has 1 saturated carbocycles. The number of aryl methyl sites for hydroxylation is 2. The summed E-state index contributed by atoms with van der Waals surface area (Å²) in [5.41, 5.74) is 6.76. The van der Waals surface area contributed by atoms with Crippen molar-refractivity contribution < 1.29 is 0 Å². The van der Waals surface area contributed by atoms with Gasteiger partial charge in [-0.05, 0) is 49.4 Å². The second kappa shape index (κ2) is 8.03. The molecule has 140 valence electrons. The van der Waals surface area contributed by atoms with Gasteiger partial charge in [0.2, 0.25) is 0 Å². The van der Waals surface area contributed by atoms with E-state index in [0.29, 0.717) is 0 Å². The van der Waals surface area contributed by atoms with Crippen LogP contribution in [0.4, 0.5) is 0 Å². The van der Waals surface area contributed by atoms with Crippen LogP contribution in [0.1, 0.15) is 56.0 Å². The molecular formula is C23H28N4. The SMILES string of the molecule is CCCc1cc(-n2cc(-c3ccc(CC4CCCC4)c(C)n3)cn2)ccn1. The van der Waals surface area contributed by atoms with Crippen LogP contribution in [-0.4, -0.2) is 19.7 Å². The van der Waals surface area contributed by atoms with Crippen molar-refractivity contribution in [2.45, 2.75) is 58.8 Å². The molecule has 3 heterocycles. The van der Waals surface area contributed by atoms with Crippen LogP contribution in [0.5, 0.6) is 0 Å². The molecule has 0 aliphatic heterocycles. The molecule has 0 atom stereocenters. The van der Waals surface area contributed by atoms with Crippen LogP contribution in [0, 0.1) is 12.8 Å². The third-order valence-corrected chi connectivity index (χ3v) is 5.63. The summed E-state index contributed by atoms with van der Waals surface area (Å²) in [5.74, 6) is 0.850. The van der Waals surface area contributed by atoms with Crippen molar-refractivity contribution in [3.63, 3.8) is 0 Å². The lowest BCUT2D eigenvalue weighted by Crippen LogP contribution is -2.02. The fourth-order valence-corrected chi connectivity index (χ4v) is 4.09. The molecule has 1 aliphatic carbocycles. The predicted octanol–water partition coefficient (Wildman–Crippen LogP) is 5.32. The molecule has 0 bridgehead atoms. The summed E-state index contributed by atoms with van der Waals surface area (Å²) in [4.78, 5) is 9.30. The van der Waals surface area contributed by atoms with Crippen molar-refractivity contribution in [3.05, 3.63) is 59.8 Å². The van der Waals surface area contributed by atoms with E-state index in [2.05, 4.69) is 48.3 Å². The normalized spacial score (nSPS) is 14.7. The lowest BCUT2D eigenvalue weighted by molar-refractivity contribution is 0.544. The third-order valence-electron chi connectivity index (χ3n) is 5.63. The molecule has 3 aromatic rings. The van der Waals surface area contributed by atoms with Crippen molar-refractivity contribution in [1.82, 2.24) is 19.7 Å². The van der Waals surface area contributed by atoms with Crippen LogP contribution < -0.4 is 0 Å². The molecule has 0 saturated heterocycles. The van der Waals surface area contributed by atoms with Crippen molar-refractivity contribution in [2.75, 3.05) is 0 Å². The molecule has 4 heteroatoms. The lowest BCUT2D eigenvalue weighted by Gasteiger charge is -2.11. The highest BCUT2D eigenvalue weighted by molar-refractivity contribution is 5.58. The zero-order chi connectivity index (χ0) is 18.6. The minimum atomic E-state index is 0.850. The zero-order valence-corrected chi connectivity index (χ0v) is 16.4. The van der Waals surface area contributed by atoms with Gasteiger partial charge in [0, 0.05) is 29.3 Å². The van der Waals surface area contributed by atoms with Crippen LogP contribution in [0.2, 0.25) is 0 Å². The fourth-order valence-electron chi connectivity index (χ4n) is 4.09. The van der Waals surface area contributed by atoms with Gasteiger partial charge in [-0.25, -0.2) is 4.68 Å². The van der Waals surface area contributed by atoms with Gasteiger partial charge in [-0.15, -0.1) is 0 Å². The predicted molar refractivity (Wildman–Crippen MR) is 109 cm³/mol. The Hall–Kier alpha value is -2.49. The Morgan fingerprint density at radius 1 is 1.15 bits per heavy atom. The summed E-state index contributed by atoms with van der Waals surface area (Å²) < 4.78 is 1.92. The molecule has 0 aromatic carbocycles. The van der Waals surface area contributed by atoms with E-state index >= 15 is 0 Å². The first-order chi connectivity index (χ1) is 13.2. The Bertz CT molecular complexity index is 906. The highest BCUT2D eigenvalue weighted by Gasteiger charge is 2.17. The second-order valence-corrected chi connectivity index (χ2v) is 7.72. The van der Waals surface area contributed by atoms with Crippen LogP contribution in [0.3, 0.4) is 0 Å². The molecule has 0 radical (unpaired) electrons. The molecule has 0 spiro atoms. The van der Waals surface area contributed by atoms with Gasteiger partial charge in [-0.2, -0.15) is 5.10 Å². The second-order valence-electron chi connectivity index (χ2n) is 7.72. The van der Waals surface area contributed by atoms with Crippen LogP contribution in [0.25, 0.3) is 16.9 Å². The van der Waals surface area contributed by atoms with Gasteiger partial charge in [-0.1, -0.05) is 45.1 Å². The van der Waals surface area contributed by atoms with Crippen LogP contribution >= 0.6 is 0 Å². The van der Waals surface area contributed by atoms with Crippen LogP contribution in [0.15, 0.2) is 42.9 Å². The summed E-state index contributed by atoms with van der Waals surface area (Å²) in [6.07, 6.45) is 14.6. The zero-order valence-electron chi connectivity index (χ0n) is 16.4. The highest BCUT2D eigenvalue weighted by atomic mass is 15.3. The van der Waals surface area contributed by atoms with Gasteiger partial charge in [0.05, 0.1) is 17.6 Å². The maximum Gasteiger partial charge on any atom is 0.0737 e. The fraction of sp³-hybridized carbons (Fsp3) is 0.435. The Labute approximate surface area is 161 Å². The van der Waals surface area contributed by atoms with E-state index in [1.54, 1.807) is 0 Å². The van der Waals surface area contributed by atoms with Crippen LogP contribution in [-0.2, 0) is 12.8 Å². The molecule has 1 fully saturated rings. The summed E-state index contributed by atoms with van der Waals surface area (Å²) >= 11 is 0. The molecule has 27 heavy (non-hydrogen) atoms. The van der Waals surface area contributed by atoms with Gasteiger partial charge in [0.25, 0.3) is 0 Å². The van der Waals surface area contributed by atoms with E-state index in [1.807, 2.05) is 23.1 Å². The number of rotatable bonds is 6. The lowest BCUT2D eigenvalue weighted by atomic mass is 9.97. The minimum Gasteiger partial charge on any atom is -0.261 e. The molecule has 3 aromatic heterocycles. The summed E-state index contributed by atoms with van der Waals surface area (Å²) in [6.45, 7) is 4.31. The average Bonchev–Trinajstić information content (AvgIpc) is 3.36. The highest BCUT2D eigenvalue weighted by Crippen LogP contribution is 2.29. The van der Waals surface area contributed by atoms with Crippen molar-refractivity contribution >= 4 is 0 Å². The number of pyridine rings is 2. The smallest absolute Gasteiger partial charge is 0.0737 e. The van der Waals surface area contributed by atoms with E-state index in [9.17, 15) is 0 Å². The summed E-state index contributed by atoms with van der Waals surface area (Å²) in [7, 11) is 0. The molecule has 0 unspecified atom stereocenters. The van der Waals surface area contributed by atoms with Gasteiger partial charge < -0.3 is 0 Å². The first kappa shape index (κ1) is 17.9. The molecule has 4 rings (SSSR count). The standard InChI is InChI=1S/C23H28N4/c1-3-6-21-14-22(11-12-24-21)27-16-20(15-25-27)23-10-9-19(17(2)26-23)13-18-7-4-5-8-18/h9-12,14-16,18H,3-8,13H2,1-2H3. The van der Waals surface area contributed by atoms with E-state index in [0.717, 1.165) is 47.1 Å². The van der Waals surface area contributed by atoms with Crippen molar-refractivity contribution in [2.24, 2.45) is 5.92 Å². The molecule has 0 amide bonds. The van der Waals surface area contributed by atoms with Gasteiger partial charge >= 0.3 is 0 Å². The quantitative estimate of drug-likeness (QED) is 0.597. The first-order valence-electron chi connectivity index (χ1n) is 10.2. The molecule has 4 nitrogen and oxygen atoms in total. The van der Waals surface area contributed by atoms with Crippen molar-refractivity contribution in [3.8, 4) is 16.9 Å². The average molecular weight is 361 g/mol. The first-order valence-corrected chi connectivity index (χ1v) is 10.2. The Morgan fingerprint density at radius 3 is 2.78 bits per heavy atom. The van der Waals surface area contributed by atoms with E-state index < -0.39 is 0 Å².